The van der Waals surface area contributed by atoms with Crippen LogP contribution in [0.5, 0.6) is 0 Å². The van der Waals surface area contributed by atoms with Crippen molar-refractivity contribution >= 4 is 17.4 Å². The zero-order valence-corrected chi connectivity index (χ0v) is 14.9. The largest absolute Gasteiger partial charge is 0.507 e. The molecule has 1 unspecified atom stereocenters. The summed E-state index contributed by atoms with van der Waals surface area (Å²) in [5.74, 6) is -1.58. The third-order valence-electron chi connectivity index (χ3n) is 4.67. The number of rotatable bonds is 4. The van der Waals surface area contributed by atoms with Gasteiger partial charge < -0.3 is 10.0 Å². The van der Waals surface area contributed by atoms with Crippen molar-refractivity contribution in [3.05, 3.63) is 102 Å². The van der Waals surface area contributed by atoms with Crippen molar-refractivity contribution in [2.24, 2.45) is 0 Å². The number of pyridine rings is 2. The highest BCUT2D eigenvalue weighted by Gasteiger charge is 2.46. The molecule has 2 aromatic heterocycles. The molecule has 1 aliphatic rings. The zero-order valence-electron chi connectivity index (χ0n) is 14.9. The van der Waals surface area contributed by atoms with E-state index < -0.39 is 17.7 Å². The van der Waals surface area contributed by atoms with Crippen molar-refractivity contribution in [3.63, 3.8) is 0 Å². The minimum absolute atomic E-state index is 0.0679. The number of ketones is 1. The molecule has 138 valence electrons. The van der Waals surface area contributed by atoms with Crippen LogP contribution in [-0.4, -0.2) is 31.7 Å². The van der Waals surface area contributed by atoms with Crippen LogP contribution in [0.4, 0.5) is 0 Å². The highest BCUT2D eigenvalue weighted by molar-refractivity contribution is 6.46. The molecule has 6 nitrogen and oxygen atoms in total. The van der Waals surface area contributed by atoms with Crippen molar-refractivity contribution < 1.29 is 14.7 Å². The minimum Gasteiger partial charge on any atom is -0.507 e. The maximum atomic E-state index is 12.9. The Morgan fingerprint density at radius 2 is 1.64 bits per heavy atom. The number of aromatic nitrogens is 2. The molecule has 1 N–H and O–H groups in total. The van der Waals surface area contributed by atoms with E-state index in [1.807, 2.05) is 36.4 Å². The van der Waals surface area contributed by atoms with Crippen LogP contribution in [0.15, 0.2) is 84.8 Å². The van der Waals surface area contributed by atoms with E-state index in [1.165, 1.54) is 17.3 Å². The highest BCUT2D eigenvalue weighted by Crippen LogP contribution is 2.39. The van der Waals surface area contributed by atoms with Crippen molar-refractivity contribution in [3.8, 4) is 0 Å². The van der Waals surface area contributed by atoms with Crippen LogP contribution in [0.25, 0.3) is 5.76 Å². The van der Waals surface area contributed by atoms with Crippen LogP contribution in [0.1, 0.15) is 22.9 Å². The standard InChI is InChI=1S/C22H17N3O3/c26-20(16-9-12-23-13-10-16)18-19(15-6-2-1-3-7-15)25(22(28)21(18)27)14-17-8-4-5-11-24-17/h1-13,19,26H,14H2/b20-18+. The number of nitrogens with zero attached hydrogens (tertiary/aromatic N) is 3. The van der Waals surface area contributed by atoms with Gasteiger partial charge in [0.05, 0.1) is 23.9 Å². The van der Waals surface area contributed by atoms with Crippen LogP contribution >= 0.6 is 0 Å². The van der Waals surface area contributed by atoms with Crippen LogP contribution < -0.4 is 0 Å². The first-order valence-electron chi connectivity index (χ1n) is 8.80. The van der Waals surface area contributed by atoms with E-state index in [9.17, 15) is 14.7 Å². The lowest BCUT2D eigenvalue weighted by molar-refractivity contribution is -0.140. The Balaban J connectivity index is 1.85. The van der Waals surface area contributed by atoms with Crippen molar-refractivity contribution in [1.29, 1.82) is 0 Å². The smallest absolute Gasteiger partial charge is 0.296 e. The second kappa shape index (κ2) is 7.44. The fourth-order valence-corrected chi connectivity index (χ4v) is 3.36. The Kier molecular flexibility index (Phi) is 4.68. The normalized spacial score (nSPS) is 18.4. The molecular weight excluding hydrogens is 354 g/mol. The number of aliphatic hydroxyl groups excluding tert-OH is 1. The third-order valence-corrected chi connectivity index (χ3v) is 4.67. The van der Waals surface area contributed by atoms with E-state index in [0.29, 0.717) is 11.3 Å². The Labute approximate surface area is 161 Å². The van der Waals surface area contributed by atoms with E-state index in [4.69, 9.17) is 0 Å². The highest BCUT2D eigenvalue weighted by atomic mass is 16.3. The lowest BCUT2D eigenvalue weighted by Crippen LogP contribution is -2.29. The number of aliphatic hydroxyl groups is 1. The number of hydrogen-bond acceptors (Lipinski definition) is 5. The van der Waals surface area contributed by atoms with E-state index in [-0.39, 0.29) is 17.9 Å². The van der Waals surface area contributed by atoms with Crippen molar-refractivity contribution in [2.75, 3.05) is 0 Å². The SMILES string of the molecule is O=C1C(=O)N(Cc2ccccn2)C(c2ccccc2)/C1=C(\O)c1ccncc1. The summed E-state index contributed by atoms with van der Waals surface area (Å²) >= 11 is 0. The molecule has 0 aliphatic carbocycles. The Morgan fingerprint density at radius 1 is 0.929 bits per heavy atom. The Morgan fingerprint density at radius 3 is 2.32 bits per heavy atom. The number of Topliss-reactive ketones (excluding diaryl/α,β-unsaturated/α-hetero) is 1. The van der Waals surface area contributed by atoms with Gasteiger partial charge in [-0.3, -0.25) is 19.6 Å². The molecule has 6 heteroatoms. The maximum Gasteiger partial charge on any atom is 0.296 e. The predicted octanol–water partition coefficient (Wildman–Crippen LogP) is 3.10. The Bertz CT molecular complexity index is 1030. The van der Waals surface area contributed by atoms with Crippen molar-refractivity contribution in [2.45, 2.75) is 12.6 Å². The molecule has 1 amide bonds. The number of carbonyl (C=O) groups is 2. The molecule has 3 aromatic rings. The lowest BCUT2D eigenvalue weighted by atomic mass is 9.95. The number of likely N-dealkylation sites (tertiary alicyclic amines) is 1. The molecule has 1 fully saturated rings. The average molecular weight is 371 g/mol. The molecule has 0 saturated carbocycles. The minimum atomic E-state index is -0.709. The predicted molar refractivity (Wildman–Crippen MR) is 103 cm³/mol. The van der Waals surface area contributed by atoms with E-state index in [1.54, 1.807) is 30.5 Å². The summed E-state index contributed by atoms with van der Waals surface area (Å²) in [6.45, 7) is 0.165. The molecule has 0 radical (unpaired) electrons. The van der Waals surface area contributed by atoms with E-state index in [2.05, 4.69) is 9.97 Å². The van der Waals surface area contributed by atoms with Gasteiger partial charge in [-0.05, 0) is 29.8 Å². The van der Waals surface area contributed by atoms with E-state index in [0.717, 1.165) is 5.56 Å². The molecule has 1 atom stereocenters. The average Bonchev–Trinajstić information content (AvgIpc) is 3.00. The van der Waals surface area contributed by atoms with Gasteiger partial charge >= 0.3 is 0 Å². The number of hydrogen-bond donors (Lipinski definition) is 1. The molecule has 0 spiro atoms. The fourth-order valence-electron chi connectivity index (χ4n) is 3.36. The maximum absolute atomic E-state index is 12.9. The Hall–Kier alpha value is -3.80. The molecule has 1 aromatic carbocycles. The molecule has 4 rings (SSSR count). The quantitative estimate of drug-likeness (QED) is 0.433. The first-order chi connectivity index (χ1) is 13.7. The summed E-state index contributed by atoms with van der Waals surface area (Å²) in [6.07, 6.45) is 4.69. The van der Waals surface area contributed by atoms with Crippen molar-refractivity contribution in [1.82, 2.24) is 14.9 Å². The van der Waals surface area contributed by atoms with E-state index >= 15 is 0 Å². The van der Waals surface area contributed by atoms with Gasteiger partial charge in [0.15, 0.2) is 0 Å². The van der Waals surface area contributed by atoms with Crippen LogP contribution in [0.3, 0.4) is 0 Å². The molecule has 3 heterocycles. The topological polar surface area (TPSA) is 83.4 Å². The van der Waals surface area contributed by atoms with Gasteiger partial charge in [0.25, 0.3) is 11.7 Å². The summed E-state index contributed by atoms with van der Waals surface area (Å²) in [4.78, 5) is 35.3. The lowest BCUT2D eigenvalue weighted by Gasteiger charge is -2.25. The molecule has 1 aliphatic heterocycles. The molecule has 1 saturated heterocycles. The monoisotopic (exact) mass is 371 g/mol. The number of carbonyl (C=O) groups excluding carboxylic acids is 2. The fraction of sp³-hybridized carbons (Fsp3) is 0.0909. The third kappa shape index (κ3) is 3.16. The van der Waals surface area contributed by atoms with Crippen LogP contribution in [-0.2, 0) is 16.1 Å². The zero-order chi connectivity index (χ0) is 19.5. The summed E-state index contributed by atoms with van der Waals surface area (Å²) in [7, 11) is 0. The van der Waals surface area contributed by atoms with Gasteiger partial charge in [-0.25, -0.2) is 0 Å². The van der Waals surface area contributed by atoms with Crippen LogP contribution in [0.2, 0.25) is 0 Å². The van der Waals surface area contributed by atoms with Gasteiger partial charge in [0.1, 0.15) is 5.76 Å². The summed E-state index contributed by atoms with van der Waals surface area (Å²) in [6, 6.07) is 17.1. The van der Waals surface area contributed by atoms with Gasteiger partial charge in [0.2, 0.25) is 0 Å². The number of amides is 1. The molecule has 28 heavy (non-hydrogen) atoms. The van der Waals surface area contributed by atoms with Gasteiger partial charge in [-0.1, -0.05) is 36.4 Å². The van der Waals surface area contributed by atoms with Gasteiger partial charge in [0, 0.05) is 24.2 Å². The number of benzene rings is 1. The summed E-state index contributed by atoms with van der Waals surface area (Å²) in [5.41, 5.74) is 1.91. The molecule has 0 bridgehead atoms. The van der Waals surface area contributed by atoms with Crippen LogP contribution in [0, 0.1) is 0 Å². The second-order valence-corrected chi connectivity index (χ2v) is 6.39. The van der Waals surface area contributed by atoms with Gasteiger partial charge in [-0.15, -0.1) is 0 Å². The summed E-state index contributed by atoms with van der Waals surface area (Å²) < 4.78 is 0. The second-order valence-electron chi connectivity index (χ2n) is 6.39. The first kappa shape index (κ1) is 17.6. The molecular formula is C22H17N3O3. The first-order valence-corrected chi connectivity index (χ1v) is 8.80. The summed E-state index contributed by atoms with van der Waals surface area (Å²) in [5, 5.41) is 10.9. The van der Waals surface area contributed by atoms with Gasteiger partial charge in [-0.2, -0.15) is 0 Å².